The fraction of sp³-hybridized carbons (Fsp3) is 1.00. The molecule has 9 heteroatoms. The molecule has 0 saturated heterocycles. The molecule has 0 amide bonds. The Morgan fingerprint density at radius 2 is 1.43 bits per heavy atom. The Balaban J connectivity index is 0. The summed E-state index contributed by atoms with van der Waals surface area (Å²) in [4.78, 5) is 15.4. The smallest absolute Gasteiger partial charge is 0.394 e. The predicted octanol–water partition coefficient (Wildman–Crippen LogP) is -2.61. The average molecular weight is 233 g/mol. The number of phosphoric acid groups is 1. The van der Waals surface area contributed by atoms with Crippen molar-refractivity contribution in [2.75, 3.05) is 26.9 Å². The van der Waals surface area contributed by atoms with Crippen molar-refractivity contribution < 1.29 is 34.2 Å². The van der Waals surface area contributed by atoms with Crippen LogP contribution in [0.5, 0.6) is 0 Å². The van der Waals surface area contributed by atoms with Crippen molar-refractivity contribution in [3.63, 3.8) is 0 Å². The van der Waals surface area contributed by atoms with Crippen LogP contribution < -0.4 is 5.73 Å². The molecule has 88 valence electrons. The van der Waals surface area contributed by atoms with Gasteiger partial charge in [-0.25, -0.2) is 4.57 Å². The SMILES string of the molecule is COP(=O)(O)O.NC(CO)(CO)CO. The lowest BCUT2D eigenvalue weighted by molar-refractivity contribution is 0.0697. The van der Waals surface area contributed by atoms with E-state index in [0.29, 0.717) is 0 Å². The summed E-state index contributed by atoms with van der Waals surface area (Å²) in [5, 5.41) is 25.0. The number of hydrogen-bond acceptors (Lipinski definition) is 6. The van der Waals surface area contributed by atoms with Crippen LogP contribution in [0.4, 0.5) is 0 Å². The zero-order chi connectivity index (χ0) is 11.8. The molecule has 0 aromatic carbocycles. The largest absolute Gasteiger partial charge is 0.469 e. The van der Waals surface area contributed by atoms with Gasteiger partial charge in [-0.05, 0) is 0 Å². The Morgan fingerprint density at radius 1 is 1.21 bits per heavy atom. The normalized spacial score (nSPS) is 11.9. The molecular formula is C5H16NO7P. The van der Waals surface area contributed by atoms with E-state index in [0.717, 1.165) is 7.11 Å². The van der Waals surface area contributed by atoms with Gasteiger partial charge in [0.1, 0.15) is 0 Å². The van der Waals surface area contributed by atoms with Crippen LogP contribution in [0.25, 0.3) is 0 Å². The van der Waals surface area contributed by atoms with E-state index in [1.807, 2.05) is 0 Å². The van der Waals surface area contributed by atoms with Gasteiger partial charge in [-0.1, -0.05) is 0 Å². The summed E-state index contributed by atoms with van der Waals surface area (Å²) in [6.07, 6.45) is 0. The molecule has 0 aliphatic heterocycles. The lowest BCUT2D eigenvalue weighted by Gasteiger charge is -2.20. The molecule has 0 aromatic rings. The van der Waals surface area contributed by atoms with Gasteiger partial charge in [0.2, 0.25) is 0 Å². The van der Waals surface area contributed by atoms with Crippen LogP contribution in [0.2, 0.25) is 0 Å². The molecule has 0 aliphatic carbocycles. The van der Waals surface area contributed by atoms with Crippen LogP contribution in [-0.2, 0) is 9.09 Å². The van der Waals surface area contributed by atoms with E-state index < -0.39 is 33.2 Å². The van der Waals surface area contributed by atoms with Gasteiger partial charge < -0.3 is 30.8 Å². The highest BCUT2D eigenvalue weighted by molar-refractivity contribution is 7.46. The summed E-state index contributed by atoms with van der Waals surface area (Å²) < 4.78 is 13.1. The maximum atomic E-state index is 9.47. The van der Waals surface area contributed by atoms with Crippen molar-refractivity contribution in [1.29, 1.82) is 0 Å². The number of phosphoric ester groups is 1. The standard InChI is InChI=1S/C4H11NO3.CH5O4P/c5-4(1-6,2-7)3-8;1-5-6(2,3)4/h6-8H,1-3,5H2;1H3,(H2,2,3,4). The second-order valence-electron chi connectivity index (χ2n) is 2.51. The fourth-order valence-corrected chi connectivity index (χ4v) is 0.150. The minimum atomic E-state index is -4.15. The van der Waals surface area contributed by atoms with Gasteiger partial charge in [0.25, 0.3) is 0 Å². The van der Waals surface area contributed by atoms with E-state index in [2.05, 4.69) is 4.52 Å². The van der Waals surface area contributed by atoms with E-state index in [1.54, 1.807) is 0 Å². The molecule has 0 spiro atoms. The van der Waals surface area contributed by atoms with E-state index in [4.69, 9.17) is 30.8 Å². The zero-order valence-electron chi connectivity index (χ0n) is 7.70. The number of aliphatic hydroxyl groups excluding tert-OH is 3. The average Bonchev–Trinajstić information content (AvgIpc) is 2.16. The third kappa shape index (κ3) is 10.0. The van der Waals surface area contributed by atoms with Crippen LogP contribution in [-0.4, -0.2) is 57.6 Å². The number of hydrogen-bond donors (Lipinski definition) is 6. The number of aliphatic hydroxyl groups is 3. The highest BCUT2D eigenvalue weighted by Gasteiger charge is 2.20. The van der Waals surface area contributed by atoms with Gasteiger partial charge in [-0.15, -0.1) is 0 Å². The van der Waals surface area contributed by atoms with Crippen molar-refractivity contribution >= 4 is 7.82 Å². The molecule has 0 heterocycles. The van der Waals surface area contributed by atoms with Crippen LogP contribution >= 0.6 is 7.82 Å². The minimum Gasteiger partial charge on any atom is -0.394 e. The molecule has 0 aliphatic rings. The summed E-state index contributed by atoms with van der Waals surface area (Å²) in [7, 11) is -3.20. The fourth-order valence-electron chi connectivity index (χ4n) is 0.150. The summed E-state index contributed by atoms with van der Waals surface area (Å²) in [6.45, 7) is -1.21. The molecule has 0 bridgehead atoms. The highest BCUT2D eigenvalue weighted by Crippen LogP contribution is 2.33. The second kappa shape index (κ2) is 7.27. The van der Waals surface area contributed by atoms with Gasteiger partial charge in [-0.3, -0.25) is 4.52 Å². The van der Waals surface area contributed by atoms with Crippen LogP contribution in [0.3, 0.4) is 0 Å². The summed E-state index contributed by atoms with van der Waals surface area (Å²) >= 11 is 0. The zero-order valence-corrected chi connectivity index (χ0v) is 8.59. The highest BCUT2D eigenvalue weighted by atomic mass is 31.2. The summed E-state index contributed by atoms with van der Waals surface area (Å²) in [5.41, 5.74) is 3.94. The Kier molecular flexibility index (Phi) is 8.51. The molecule has 14 heavy (non-hydrogen) atoms. The monoisotopic (exact) mass is 233 g/mol. The van der Waals surface area contributed by atoms with E-state index in [-0.39, 0.29) is 0 Å². The topological polar surface area (TPSA) is 153 Å². The first-order valence-corrected chi connectivity index (χ1v) is 5.00. The molecule has 0 saturated carbocycles. The van der Waals surface area contributed by atoms with Gasteiger partial charge in [-0.2, -0.15) is 0 Å². The molecule has 0 aromatic heterocycles. The number of rotatable bonds is 4. The first-order chi connectivity index (χ1) is 6.24. The Labute approximate surface area is 81.2 Å². The molecule has 0 radical (unpaired) electrons. The molecule has 0 fully saturated rings. The van der Waals surface area contributed by atoms with Crippen molar-refractivity contribution in [2.45, 2.75) is 5.54 Å². The van der Waals surface area contributed by atoms with E-state index >= 15 is 0 Å². The lowest BCUT2D eigenvalue weighted by atomic mass is 10.1. The van der Waals surface area contributed by atoms with Crippen molar-refractivity contribution in [3.8, 4) is 0 Å². The molecule has 0 atom stereocenters. The van der Waals surface area contributed by atoms with Crippen LogP contribution in [0.15, 0.2) is 0 Å². The molecule has 7 N–H and O–H groups in total. The van der Waals surface area contributed by atoms with Crippen LogP contribution in [0.1, 0.15) is 0 Å². The second-order valence-corrected chi connectivity index (χ2v) is 3.86. The summed E-state index contributed by atoms with van der Waals surface area (Å²) in [6, 6.07) is 0. The Hall–Kier alpha value is -0.0500. The third-order valence-corrected chi connectivity index (χ3v) is 1.66. The summed E-state index contributed by atoms with van der Waals surface area (Å²) in [5.74, 6) is 0. The lowest BCUT2D eigenvalue weighted by Crippen LogP contribution is -2.50. The van der Waals surface area contributed by atoms with Gasteiger partial charge >= 0.3 is 7.82 Å². The van der Waals surface area contributed by atoms with Crippen LogP contribution in [0, 0.1) is 0 Å². The first kappa shape index (κ1) is 16.4. The Bertz CT molecular complexity index is 169. The first-order valence-electron chi connectivity index (χ1n) is 3.47. The maximum Gasteiger partial charge on any atom is 0.469 e. The van der Waals surface area contributed by atoms with E-state index in [1.165, 1.54) is 0 Å². The van der Waals surface area contributed by atoms with Gasteiger partial charge in [0.05, 0.1) is 25.4 Å². The quantitative estimate of drug-likeness (QED) is 0.288. The Morgan fingerprint density at radius 3 is 1.43 bits per heavy atom. The minimum absolute atomic E-state index is 0.403. The van der Waals surface area contributed by atoms with E-state index in [9.17, 15) is 4.57 Å². The molecule has 0 unspecified atom stereocenters. The maximum absolute atomic E-state index is 9.47. The third-order valence-electron chi connectivity index (χ3n) is 1.18. The van der Waals surface area contributed by atoms with Crippen molar-refractivity contribution in [1.82, 2.24) is 0 Å². The molecular weight excluding hydrogens is 217 g/mol. The van der Waals surface area contributed by atoms with Crippen molar-refractivity contribution in [2.24, 2.45) is 5.73 Å². The van der Waals surface area contributed by atoms with Gasteiger partial charge in [0, 0.05) is 7.11 Å². The molecule has 0 rings (SSSR count). The molecule has 8 nitrogen and oxygen atoms in total. The number of nitrogens with two attached hydrogens (primary N) is 1. The van der Waals surface area contributed by atoms with Gasteiger partial charge in [0.15, 0.2) is 0 Å². The predicted molar refractivity (Wildman–Crippen MR) is 47.2 cm³/mol. The van der Waals surface area contributed by atoms with Crippen molar-refractivity contribution in [3.05, 3.63) is 0 Å².